The highest BCUT2D eigenvalue weighted by atomic mass is 79.9. The van der Waals surface area contributed by atoms with Gasteiger partial charge in [-0.25, -0.2) is 0 Å². The number of halogens is 1. The molecule has 1 N–H and O–H groups in total. The maximum atomic E-state index is 3.50. The van der Waals surface area contributed by atoms with Crippen LogP contribution in [0, 0.1) is 0 Å². The highest BCUT2D eigenvalue weighted by Crippen LogP contribution is 2.22. The first-order valence-electron chi connectivity index (χ1n) is 8.07. The molecule has 2 heterocycles. The Kier molecular flexibility index (Phi) is 4.10. The Bertz CT molecular complexity index is 786. The average molecular weight is 370 g/mol. The number of nitrogens with zero attached hydrogens (tertiary/aromatic N) is 2. The van der Waals surface area contributed by atoms with E-state index in [4.69, 9.17) is 0 Å². The summed E-state index contributed by atoms with van der Waals surface area (Å²) in [6, 6.07) is 17.2. The summed E-state index contributed by atoms with van der Waals surface area (Å²) in [7, 11) is 0. The lowest BCUT2D eigenvalue weighted by Gasteiger charge is -2.36. The van der Waals surface area contributed by atoms with Gasteiger partial charge in [0, 0.05) is 60.0 Å². The van der Waals surface area contributed by atoms with Crippen molar-refractivity contribution in [2.75, 3.05) is 31.1 Å². The SMILES string of the molecule is Brc1ccc(N2CCN(Cc3c[nH]c4ccccc34)CC2)cc1. The molecule has 0 spiro atoms. The molecule has 4 heteroatoms. The fourth-order valence-corrected chi connectivity index (χ4v) is 3.58. The van der Waals surface area contributed by atoms with Gasteiger partial charge in [0.05, 0.1) is 0 Å². The van der Waals surface area contributed by atoms with E-state index < -0.39 is 0 Å². The number of anilines is 1. The minimum absolute atomic E-state index is 1.03. The van der Waals surface area contributed by atoms with Gasteiger partial charge in [-0.1, -0.05) is 34.1 Å². The number of aromatic nitrogens is 1. The van der Waals surface area contributed by atoms with Crippen LogP contribution in [-0.2, 0) is 6.54 Å². The van der Waals surface area contributed by atoms with Gasteiger partial charge in [0.2, 0.25) is 0 Å². The van der Waals surface area contributed by atoms with Crippen molar-refractivity contribution >= 4 is 32.5 Å². The van der Waals surface area contributed by atoms with Crippen LogP contribution in [0.1, 0.15) is 5.56 Å². The fraction of sp³-hybridized carbons (Fsp3) is 0.263. The summed E-state index contributed by atoms with van der Waals surface area (Å²) >= 11 is 3.50. The molecule has 1 aromatic heterocycles. The number of para-hydroxylation sites is 1. The first-order chi connectivity index (χ1) is 11.3. The smallest absolute Gasteiger partial charge is 0.0457 e. The van der Waals surface area contributed by atoms with E-state index in [2.05, 4.69) is 85.4 Å². The van der Waals surface area contributed by atoms with Crippen molar-refractivity contribution in [3.63, 3.8) is 0 Å². The summed E-state index contributed by atoms with van der Waals surface area (Å²) in [5, 5.41) is 1.35. The predicted molar refractivity (Wildman–Crippen MR) is 99.9 cm³/mol. The molecule has 1 aliphatic rings. The Labute approximate surface area is 145 Å². The third kappa shape index (κ3) is 3.14. The van der Waals surface area contributed by atoms with E-state index in [1.54, 1.807) is 0 Å². The third-order valence-electron chi connectivity index (χ3n) is 4.63. The number of fused-ring (bicyclic) bond motifs is 1. The molecule has 118 valence electrons. The van der Waals surface area contributed by atoms with Gasteiger partial charge in [0.15, 0.2) is 0 Å². The molecule has 3 nitrogen and oxygen atoms in total. The number of piperazine rings is 1. The summed E-state index contributed by atoms with van der Waals surface area (Å²) in [5.74, 6) is 0. The zero-order chi connectivity index (χ0) is 15.6. The monoisotopic (exact) mass is 369 g/mol. The molecule has 1 fully saturated rings. The summed E-state index contributed by atoms with van der Waals surface area (Å²) in [4.78, 5) is 8.39. The van der Waals surface area contributed by atoms with Gasteiger partial charge in [-0.2, -0.15) is 0 Å². The Morgan fingerprint density at radius 3 is 2.43 bits per heavy atom. The number of benzene rings is 2. The van der Waals surface area contributed by atoms with E-state index in [1.807, 2.05) is 0 Å². The van der Waals surface area contributed by atoms with Crippen LogP contribution in [-0.4, -0.2) is 36.1 Å². The van der Waals surface area contributed by atoms with Crippen molar-refractivity contribution in [2.24, 2.45) is 0 Å². The summed E-state index contributed by atoms with van der Waals surface area (Å²) in [6.45, 7) is 5.41. The Hall–Kier alpha value is -1.78. The molecule has 0 radical (unpaired) electrons. The van der Waals surface area contributed by atoms with E-state index in [9.17, 15) is 0 Å². The second-order valence-electron chi connectivity index (χ2n) is 6.10. The maximum Gasteiger partial charge on any atom is 0.0457 e. The average Bonchev–Trinajstić information content (AvgIpc) is 3.00. The molecule has 0 aliphatic carbocycles. The molecule has 0 atom stereocenters. The topological polar surface area (TPSA) is 22.3 Å². The Morgan fingerprint density at radius 2 is 1.65 bits per heavy atom. The summed E-state index contributed by atoms with van der Waals surface area (Å²) in [6.07, 6.45) is 2.16. The minimum atomic E-state index is 1.03. The molecule has 0 bridgehead atoms. The molecule has 0 unspecified atom stereocenters. The third-order valence-corrected chi connectivity index (χ3v) is 5.16. The van der Waals surface area contributed by atoms with Gasteiger partial charge in [0.1, 0.15) is 0 Å². The van der Waals surface area contributed by atoms with Crippen molar-refractivity contribution in [1.82, 2.24) is 9.88 Å². The van der Waals surface area contributed by atoms with Gasteiger partial charge in [-0.15, -0.1) is 0 Å². The van der Waals surface area contributed by atoms with Crippen LogP contribution in [0.3, 0.4) is 0 Å². The first kappa shape index (κ1) is 14.8. The lowest BCUT2D eigenvalue weighted by atomic mass is 10.1. The molecule has 4 rings (SSSR count). The molecule has 23 heavy (non-hydrogen) atoms. The molecule has 1 saturated heterocycles. The van der Waals surface area contributed by atoms with Crippen molar-refractivity contribution in [3.05, 3.63) is 64.8 Å². The first-order valence-corrected chi connectivity index (χ1v) is 8.87. The quantitative estimate of drug-likeness (QED) is 0.745. The number of aromatic amines is 1. The van der Waals surface area contributed by atoms with Crippen LogP contribution in [0.4, 0.5) is 5.69 Å². The fourth-order valence-electron chi connectivity index (χ4n) is 3.32. The van der Waals surface area contributed by atoms with Crippen LogP contribution in [0.15, 0.2) is 59.2 Å². The number of H-pyrrole nitrogens is 1. The Balaban J connectivity index is 1.41. The van der Waals surface area contributed by atoms with Crippen molar-refractivity contribution in [2.45, 2.75) is 6.54 Å². The predicted octanol–water partition coefficient (Wildman–Crippen LogP) is 4.25. The number of nitrogens with one attached hydrogen (secondary N) is 1. The molecule has 0 amide bonds. The Morgan fingerprint density at radius 1 is 0.913 bits per heavy atom. The van der Waals surface area contributed by atoms with Crippen LogP contribution < -0.4 is 4.90 Å². The van der Waals surface area contributed by atoms with Crippen LogP contribution in [0.5, 0.6) is 0 Å². The van der Waals surface area contributed by atoms with Crippen LogP contribution >= 0.6 is 15.9 Å². The van der Waals surface area contributed by atoms with E-state index in [0.29, 0.717) is 0 Å². The van der Waals surface area contributed by atoms with Crippen LogP contribution in [0.2, 0.25) is 0 Å². The zero-order valence-corrected chi connectivity index (χ0v) is 14.6. The molecule has 1 aliphatic heterocycles. The normalized spacial score (nSPS) is 16.1. The maximum absolute atomic E-state index is 3.50. The highest BCUT2D eigenvalue weighted by Gasteiger charge is 2.18. The molecule has 2 aromatic carbocycles. The summed E-state index contributed by atoms with van der Waals surface area (Å²) in [5.41, 5.74) is 3.95. The number of hydrogen-bond donors (Lipinski definition) is 1. The number of rotatable bonds is 3. The van der Waals surface area contributed by atoms with Crippen molar-refractivity contribution in [3.8, 4) is 0 Å². The molecule has 3 aromatic rings. The van der Waals surface area contributed by atoms with Crippen molar-refractivity contribution < 1.29 is 0 Å². The van der Waals surface area contributed by atoms with E-state index >= 15 is 0 Å². The largest absolute Gasteiger partial charge is 0.369 e. The van der Waals surface area contributed by atoms with Gasteiger partial charge in [-0.05, 0) is 35.9 Å². The van der Waals surface area contributed by atoms with Gasteiger partial charge >= 0.3 is 0 Å². The lowest BCUT2D eigenvalue weighted by molar-refractivity contribution is 0.250. The van der Waals surface area contributed by atoms with E-state index in [1.165, 1.54) is 22.2 Å². The van der Waals surface area contributed by atoms with Gasteiger partial charge in [0.25, 0.3) is 0 Å². The second-order valence-corrected chi connectivity index (χ2v) is 7.01. The van der Waals surface area contributed by atoms with Gasteiger partial charge in [-0.3, -0.25) is 4.90 Å². The molecular formula is C19H20BrN3. The van der Waals surface area contributed by atoms with E-state index in [0.717, 1.165) is 37.2 Å². The second kappa shape index (κ2) is 6.38. The number of hydrogen-bond acceptors (Lipinski definition) is 2. The molecular weight excluding hydrogens is 350 g/mol. The van der Waals surface area contributed by atoms with Crippen LogP contribution in [0.25, 0.3) is 10.9 Å². The van der Waals surface area contributed by atoms with E-state index in [-0.39, 0.29) is 0 Å². The molecule has 0 saturated carbocycles. The van der Waals surface area contributed by atoms with Crippen molar-refractivity contribution in [1.29, 1.82) is 0 Å². The highest BCUT2D eigenvalue weighted by molar-refractivity contribution is 9.10. The summed E-state index contributed by atoms with van der Waals surface area (Å²) < 4.78 is 1.14. The lowest BCUT2D eigenvalue weighted by Crippen LogP contribution is -2.45. The minimum Gasteiger partial charge on any atom is -0.369 e. The standard InChI is InChI=1S/C19H20BrN3/c20-16-5-7-17(8-6-16)23-11-9-22(10-12-23)14-15-13-21-19-4-2-1-3-18(15)19/h1-8,13,21H,9-12,14H2. The van der Waals surface area contributed by atoms with Gasteiger partial charge < -0.3 is 9.88 Å². The zero-order valence-electron chi connectivity index (χ0n) is 13.0.